The predicted molar refractivity (Wildman–Crippen MR) is 110 cm³/mol. The number of halogens is 2. The van der Waals surface area contributed by atoms with Gasteiger partial charge in [-0.2, -0.15) is 0 Å². The van der Waals surface area contributed by atoms with Crippen molar-refractivity contribution in [3.05, 3.63) is 72.7 Å². The van der Waals surface area contributed by atoms with E-state index in [-0.39, 0.29) is 29.6 Å². The second kappa shape index (κ2) is 7.90. The van der Waals surface area contributed by atoms with E-state index in [1.165, 1.54) is 10.6 Å². The largest absolute Gasteiger partial charge is 0.380 e. The van der Waals surface area contributed by atoms with E-state index in [4.69, 9.17) is 28.0 Å². The molecule has 2 aromatic carbocycles. The molecule has 8 nitrogen and oxygen atoms in total. The average molecular weight is 435 g/mol. The molecule has 1 atom stereocenters. The lowest BCUT2D eigenvalue weighted by atomic mass is 10.1. The second-order valence-electron chi connectivity index (χ2n) is 6.61. The van der Waals surface area contributed by atoms with Crippen LogP contribution in [0.3, 0.4) is 0 Å². The number of hydroxylamine groups is 1. The molecule has 1 unspecified atom stereocenters. The van der Waals surface area contributed by atoms with Gasteiger partial charge in [0.15, 0.2) is 0 Å². The van der Waals surface area contributed by atoms with Gasteiger partial charge in [-0.1, -0.05) is 53.5 Å². The Hall–Kier alpha value is -2.81. The molecule has 29 heavy (non-hydrogen) atoms. The molecule has 10 heteroatoms. The van der Waals surface area contributed by atoms with Crippen LogP contribution in [0.4, 0.5) is 5.69 Å². The van der Waals surface area contributed by atoms with Crippen LogP contribution in [0.5, 0.6) is 0 Å². The van der Waals surface area contributed by atoms with Crippen molar-refractivity contribution in [3.8, 4) is 0 Å². The molecular weight excluding hydrogens is 419 g/mol. The molecule has 0 spiro atoms. The Balaban J connectivity index is 1.58. The van der Waals surface area contributed by atoms with Crippen LogP contribution in [-0.4, -0.2) is 22.0 Å². The third-order valence-electron chi connectivity index (χ3n) is 4.66. The molecule has 0 fully saturated rings. The van der Waals surface area contributed by atoms with Crippen LogP contribution in [0.1, 0.15) is 18.0 Å². The summed E-state index contributed by atoms with van der Waals surface area (Å²) in [6.45, 7) is 0.430. The third-order valence-corrected chi connectivity index (χ3v) is 5.45. The Labute approximate surface area is 174 Å². The number of amides is 1. The van der Waals surface area contributed by atoms with Crippen molar-refractivity contribution >= 4 is 45.8 Å². The Morgan fingerprint density at radius 3 is 2.76 bits per heavy atom. The Bertz CT molecular complexity index is 1210. The fourth-order valence-corrected chi connectivity index (χ4v) is 3.78. The van der Waals surface area contributed by atoms with E-state index in [2.05, 4.69) is 15.8 Å². The smallest absolute Gasteiger partial charge is 0.317 e. The highest BCUT2D eigenvalue weighted by molar-refractivity contribution is 6.45. The number of nitrogens with zero attached hydrogens (tertiary/aromatic N) is 1. The molecule has 0 saturated heterocycles. The standard InChI is InChI=1S/C19H16Cl2N4O4/c20-12-7-13-17-16(15(12)21)22-8-11(25(17)19(28)18(27)23-13)6-14(26)24-29-9-10-4-2-1-3-5-10/h1-5,7,11,22H,6,8-9H2,(H,23,27)(H,24,26). The summed E-state index contributed by atoms with van der Waals surface area (Å²) >= 11 is 12.4. The number of carbonyl (C=O) groups is 1. The van der Waals surface area contributed by atoms with Crippen LogP contribution in [0.15, 0.2) is 46.0 Å². The zero-order chi connectivity index (χ0) is 20.5. The molecule has 1 aliphatic heterocycles. The lowest BCUT2D eigenvalue weighted by molar-refractivity contribution is -0.135. The topological polar surface area (TPSA) is 105 Å². The number of H-pyrrole nitrogens is 1. The summed E-state index contributed by atoms with van der Waals surface area (Å²) < 4.78 is 1.29. The van der Waals surface area contributed by atoms with E-state index >= 15 is 0 Å². The number of rotatable bonds is 5. The van der Waals surface area contributed by atoms with Crippen LogP contribution in [0, 0.1) is 0 Å². The van der Waals surface area contributed by atoms with Gasteiger partial charge in [-0.05, 0) is 11.6 Å². The molecule has 0 saturated carbocycles. The van der Waals surface area contributed by atoms with Gasteiger partial charge in [-0.25, -0.2) is 5.48 Å². The lowest BCUT2D eigenvalue weighted by Gasteiger charge is -2.29. The summed E-state index contributed by atoms with van der Waals surface area (Å²) in [4.78, 5) is 44.7. The van der Waals surface area contributed by atoms with Gasteiger partial charge < -0.3 is 10.3 Å². The fraction of sp³-hybridized carbons (Fsp3) is 0.211. The number of benzene rings is 2. The molecule has 0 aliphatic carbocycles. The Morgan fingerprint density at radius 2 is 2.00 bits per heavy atom. The highest BCUT2D eigenvalue weighted by Crippen LogP contribution is 2.39. The van der Waals surface area contributed by atoms with Crippen molar-refractivity contribution in [2.75, 3.05) is 11.9 Å². The van der Waals surface area contributed by atoms with E-state index < -0.39 is 23.1 Å². The minimum absolute atomic E-state index is 0.0695. The summed E-state index contributed by atoms with van der Waals surface area (Å²) in [5.41, 5.74) is 2.92. The Morgan fingerprint density at radius 1 is 1.24 bits per heavy atom. The fourth-order valence-electron chi connectivity index (χ4n) is 3.36. The molecule has 2 heterocycles. The summed E-state index contributed by atoms with van der Waals surface area (Å²) in [7, 11) is 0. The summed E-state index contributed by atoms with van der Waals surface area (Å²) in [5.74, 6) is -0.420. The molecule has 1 aliphatic rings. The van der Waals surface area contributed by atoms with Gasteiger partial charge in [-0.15, -0.1) is 0 Å². The third kappa shape index (κ3) is 3.74. The summed E-state index contributed by atoms with van der Waals surface area (Å²) in [6.07, 6.45) is -0.0695. The van der Waals surface area contributed by atoms with Gasteiger partial charge in [-0.3, -0.25) is 23.8 Å². The first-order valence-electron chi connectivity index (χ1n) is 8.80. The van der Waals surface area contributed by atoms with Crippen LogP contribution in [-0.2, 0) is 16.2 Å². The number of hydrogen-bond donors (Lipinski definition) is 3. The first-order valence-corrected chi connectivity index (χ1v) is 9.56. The minimum Gasteiger partial charge on any atom is -0.380 e. The lowest BCUT2D eigenvalue weighted by Crippen LogP contribution is -2.43. The number of aromatic nitrogens is 2. The van der Waals surface area contributed by atoms with Crippen molar-refractivity contribution in [2.45, 2.75) is 19.1 Å². The molecule has 3 N–H and O–H groups in total. The van der Waals surface area contributed by atoms with E-state index in [0.29, 0.717) is 16.7 Å². The number of nitrogens with one attached hydrogen (secondary N) is 3. The van der Waals surface area contributed by atoms with E-state index in [9.17, 15) is 14.4 Å². The van der Waals surface area contributed by atoms with Gasteiger partial charge in [0.25, 0.3) is 0 Å². The summed E-state index contributed by atoms with van der Waals surface area (Å²) in [5, 5.41) is 3.59. The normalized spacial score (nSPS) is 15.2. The number of hydrogen-bond acceptors (Lipinski definition) is 5. The van der Waals surface area contributed by atoms with Crippen LogP contribution in [0.2, 0.25) is 10.0 Å². The molecule has 1 amide bonds. The van der Waals surface area contributed by atoms with E-state index in [1.54, 1.807) is 0 Å². The maximum absolute atomic E-state index is 12.5. The van der Waals surface area contributed by atoms with Gasteiger partial charge >= 0.3 is 11.1 Å². The number of aromatic amines is 1. The number of carbonyl (C=O) groups excluding carboxylic acids is 1. The molecular formula is C19H16Cl2N4O4. The molecule has 0 radical (unpaired) electrons. The average Bonchev–Trinajstić information content (AvgIpc) is 2.71. The van der Waals surface area contributed by atoms with Crippen molar-refractivity contribution < 1.29 is 9.63 Å². The van der Waals surface area contributed by atoms with Gasteiger partial charge in [0, 0.05) is 6.54 Å². The quantitative estimate of drug-likeness (QED) is 0.422. The van der Waals surface area contributed by atoms with Gasteiger partial charge in [0.2, 0.25) is 5.91 Å². The van der Waals surface area contributed by atoms with Crippen molar-refractivity contribution in [2.24, 2.45) is 0 Å². The zero-order valence-corrected chi connectivity index (χ0v) is 16.5. The minimum atomic E-state index is -0.797. The van der Waals surface area contributed by atoms with Crippen LogP contribution >= 0.6 is 23.2 Å². The summed E-state index contributed by atoms with van der Waals surface area (Å²) in [6, 6.07) is 10.2. The van der Waals surface area contributed by atoms with Crippen molar-refractivity contribution in [3.63, 3.8) is 0 Å². The van der Waals surface area contributed by atoms with Crippen molar-refractivity contribution in [1.29, 1.82) is 0 Å². The van der Waals surface area contributed by atoms with Crippen molar-refractivity contribution in [1.82, 2.24) is 15.0 Å². The second-order valence-corrected chi connectivity index (χ2v) is 7.40. The van der Waals surface area contributed by atoms with Crippen LogP contribution in [0.25, 0.3) is 11.0 Å². The molecule has 3 aromatic rings. The molecule has 4 rings (SSSR count). The molecule has 150 valence electrons. The van der Waals surface area contributed by atoms with Gasteiger partial charge in [0.05, 0.1) is 45.8 Å². The first-order chi connectivity index (χ1) is 14.0. The Kier molecular flexibility index (Phi) is 5.31. The van der Waals surface area contributed by atoms with E-state index in [0.717, 1.165) is 5.56 Å². The van der Waals surface area contributed by atoms with Crippen LogP contribution < -0.4 is 21.9 Å². The highest BCUT2D eigenvalue weighted by Gasteiger charge is 2.28. The van der Waals surface area contributed by atoms with Gasteiger partial charge in [0.1, 0.15) is 0 Å². The maximum atomic E-state index is 12.5. The molecule has 0 bridgehead atoms. The number of anilines is 1. The molecule has 1 aromatic heterocycles. The monoisotopic (exact) mass is 434 g/mol. The predicted octanol–water partition coefficient (Wildman–Crippen LogP) is 2.60. The van der Waals surface area contributed by atoms with E-state index in [1.807, 2.05) is 30.3 Å². The zero-order valence-electron chi connectivity index (χ0n) is 15.0. The SMILES string of the molecule is O=C(CC1CNc2c(Cl)c(Cl)cc3[nH]c(=O)c(=O)n1c23)NOCc1ccccc1. The first kappa shape index (κ1) is 19.5. The highest BCUT2D eigenvalue weighted by atomic mass is 35.5. The maximum Gasteiger partial charge on any atom is 0.317 e.